The maximum atomic E-state index is 12.6. The van der Waals surface area contributed by atoms with E-state index >= 15 is 0 Å². The fourth-order valence-electron chi connectivity index (χ4n) is 4.75. The average Bonchev–Trinajstić information content (AvgIpc) is 3.20. The van der Waals surface area contributed by atoms with Crippen LogP contribution >= 0.6 is 11.6 Å². The molecule has 2 aromatic rings. The van der Waals surface area contributed by atoms with Crippen molar-refractivity contribution >= 4 is 23.5 Å². The number of ether oxygens (including phenoxy) is 2. The summed E-state index contributed by atoms with van der Waals surface area (Å²) < 4.78 is 49.4. The number of likely N-dealkylation sites (tertiary alicyclic amines) is 1. The summed E-state index contributed by atoms with van der Waals surface area (Å²) in [5, 5.41) is 21.6. The Labute approximate surface area is 227 Å². The van der Waals surface area contributed by atoms with E-state index in [4.69, 9.17) is 21.1 Å². The van der Waals surface area contributed by atoms with Crippen LogP contribution in [-0.4, -0.2) is 82.7 Å². The van der Waals surface area contributed by atoms with Crippen LogP contribution in [0.1, 0.15) is 35.7 Å². The third-order valence-corrected chi connectivity index (χ3v) is 6.90. The van der Waals surface area contributed by atoms with Crippen molar-refractivity contribution in [2.45, 2.75) is 43.6 Å². The van der Waals surface area contributed by atoms with Crippen LogP contribution in [-0.2, 0) is 16.1 Å². The summed E-state index contributed by atoms with van der Waals surface area (Å²) in [6.45, 7) is 2.78. The monoisotopic (exact) mass is 572 g/mol. The normalized spacial score (nSPS) is 18.1. The van der Waals surface area contributed by atoms with E-state index in [0.717, 1.165) is 55.8 Å². The van der Waals surface area contributed by atoms with Crippen LogP contribution in [0.4, 0.5) is 13.2 Å². The maximum absolute atomic E-state index is 12.6. The van der Waals surface area contributed by atoms with Crippen molar-refractivity contribution in [3.05, 3.63) is 52.5 Å². The van der Waals surface area contributed by atoms with Crippen LogP contribution in [0.5, 0.6) is 17.2 Å². The van der Waals surface area contributed by atoms with Gasteiger partial charge in [0.1, 0.15) is 35.1 Å². The number of aromatic hydroxyl groups is 1. The number of carbonyl (C=O) groups is 2. The molecule has 1 fully saturated rings. The molecule has 0 radical (unpaired) electrons. The Morgan fingerprint density at radius 1 is 1.18 bits per heavy atom. The van der Waals surface area contributed by atoms with Gasteiger partial charge in [-0.2, -0.15) is 18.2 Å². The van der Waals surface area contributed by atoms with Crippen molar-refractivity contribution in [3.63, 3.8) is 0 Å². The number of aliphatic hydroxyl groups is 1. The average molecular weight is 573 g/mol. The number of fused-ring (bicyclic) bond motifs is 1. The minimum absolute atomic E-state index is 0.119. The lowest BCUT2D eigenvalue weighted by Gasteiger charge is -2.41. The molecule has 0 aromatic heterocycles. The molecule has 9 nitrogen and oxygen atoms in total. The molecule has 0 bridgehead atoms. The molecule has 0 unspecified atom stereocenters. The molecule has 2 N–H and O–H groups in total. The predicted molar refractivity (Wildman–Crippen MR) is 133 cm³/mol. The molecular weight excluding hydrogens is 545 g/mol. The summed E-state index contributed by atoms with van der Waals surface area (Å²) >= 11 is 6.11. The van der Waals surface area contributed by atoms with Gasteiger partial charge in [-0.3, -0.25) is 4.79 Å². The highest BCUT2D eigenvalue weighted by Crippen LogP contribution is 2.42. The third-order valence-electron chi connectivity index (χ3n) is 6.66. The molecule has 2 aliphatic heterocycles. The van der Waals surface area contributed by atoms with Gasteiger partial charge in [0.05, 0.1) is 5.56 Å². The molecule has 39 heavy (non-hydrogen) atoms. The Balaban J connectivity index is 1.34. The molecule has 1 amide bonds. The number of nitrogens with zero attached hydrogens (tertiary/aromatic N) is 2. The third kappa shape index (κ3) is 6.87. The molecule has 0 aliphatic carbocycles. The van der Waals surface area contributed by atoms with E-state index < -0.39 is 23.7 Å². The number of phenolic OH excluding ortho intramolecular Hbond substituents is 1. The number of carbonyl (C=O) groups excluding carboxylic acids is 2. The molecule has 2 aromatic carbocycles. The van der Waals surface area contributed by atoms with E-state index in [9.17, 15) is 33.0 Å². The standard InChI is InChI=1S/C26H28ClF3N2O7/c1-24(36,14-32-9-7-25(8-10-32)13-16-11-17(27)3-6-20(16)38-25)15-37-21-12-18(33)4-5-19(21)22(34)31(2)39-23(35)26(28,29)30/h3-6,11-12,33,36H,7-10,13-15H2,1-2H3/t24-/m0/s1. The molecule has 2 heterocycles. The minimum Gasteiger partial charge on any atom is -0.508 e. The number of phenols is 1. The molecule has 2 aliphatic rings. The molecule has 1 saturated heterocycles. The van der Waals surface area contributed by atoms with Gasteiger partial charge in [-0.1, -0.05) is 11.6 Å². The van der Waals surface area contributed by atoms with Gasteiger partial charge in [0.15, 0.2) is 0 Å². The smallest absolute Gasteiger partial charge is 0.493 e. The van der Waals surface area contributed by atoms with Gasteiger partial charge in [0.2, 0.25) is 0 Å². The predicted octanol–water partition coefficient (Wildman–Crippen LogP) is 3.74. The number of piperidine rings is 1. The van der Waals surface area contributed by atoms with E-state index in [2.05, 4.69) is 9.74 Å². The summed E-state index contributed by atoms with van der Waals surface area (Å²) in [6.07, 6.45) is -3.05. The van der Waals surface area contributed by atoms with Crippen LogP contribution in [0.15, 0.2) is 36.4 Å². The largest absolute Gasteiger partial charge is 0.508 e. The highest BCUT2D eigenvalue weighted by molar-refractivity contribution is 6.30. The summed E-state index contributed by atoms with van der Waals surface area (Å²) in [4.78, 5) is 29.8. The number of hydroxylamine groups is 2. The SMILES string of the molecule is CN(OC(=O)C(F)(F)F)C(=O)c1ccc(O)cc1OC[C@@](C)(O)CN1CCC2(CC1)Cc1cc(Cl)ccc1O2. The first-order valence-corrected chi connectivity index (χ1v) is 12.5. The lowest BCUT2D eigenvalue weighted by molar-refractivity contribution is -0.225. The van der Waals surface area contributed by atoms with E-state index in [1.807, 2.05) is 12.1 Å². The topological polar surface area (TPSA) is 109 Å². The van der Waals surface area contributed by atoms with E-state index in [1.54, 1.807) is 13.0 Å². The number of amides is 1. The Bertz CT molecular complexity index is 1250. The van der Waals surface area contributed by atoms with Crippen molar-refractivity contribution in [1.29, 1.82) is 0 Å². The quantitative estimate of drug-likeness (QED) is 0.504. The Morgan fingerprint density at radius 3 is 2.54 bits per heavy atom. The number of hydrogen-bond donors (Lipinski definition) is 2. The number of alkyl halides is 3. The second-order valence-electron chi connectivity index (χ2n) is 10.1. The fourth-order valence-corrected chi connectivity index (χ4v) is 4.95. The minimum atomic E-state index is -5.29. The second kappa shape index (κ2) is 10.7. The van der Waals surface area contributed by atoms with E-state index in [1.165, 1.54) is 0 Å². The van der Waals surface area contributed by atoms with Crippen LogP contribution in [0.3, 0.4) is 0 Å². The molecule has 4 rings (SSSR count). The first-order chi connectivity index (χ1) is 18.2. The number of benzene rings is 2. The Morgan fingerprint density at radius 2 is 1.87 bits per heavy atom. The first-order valence-electron chi connectivity index (χ1n) is 12.1. The number of halogens is 4. The van der Waals surface area contributed by atoms with Gasteiger partial charge in [-0.15, -0.1) is 0 Å². The Hall–Kier alpha value is -3.22. The number of β-amino-alcohol motifs (C(OH)–C–C–N with tert-alkyl or cyclic N) is 1. The van der Waals surface area contributed by atoms with Crippen molar-refractivity contribution < 1.29 is 47.3 Å². The zero-order chi connectivity index (χ0) is 28.6. The first kappa shape index (κ1) is 28.8. The Kier molecular flexibility index (Phi) is 7.93. The zero-order valence-corrected chi connectivity index (χ0v) is 22.0. The zero-order valence-electron chi connectivity index (χ0n) is 21.3. The highest BCUT2D eigenvalue weighted by atomic mass is 35.5. The van der Waals surface area contributed by atoms with Gasteiger partial charge in [-0.05, 0) is 42.8 Å². The fraction of sp³-hybridized carbons (Fsp3) is 0.462. The number of hydrogen-bond acceptors (Lipinski definition) is 8. The van der Waals surface area contributed by atoms with Crippen LogP contribution in [0, 0.1) is 0 Å². The van der Waals surface area contributed by atoms with E-state index in [0.29, 0.717) is 18.1 Å². The lowest BCUT2D eigenvalue weighted by Crippen LogP contribution is -2.52. The van der Waals surface area contributed by atoms with Crippen molar-refractivity contribution in [1.82, 2.24) is 9.96 Å². The van der Waals surface area contributed by atoms with Crippen molar-refractivity contribution in [2.75, 3.05) is 33.3 Å². The van der Waals surface area contributed by atoms with Gasteiger partial charge < -0.3 is 29.4 Å². The van der Waals surface area contributed by atoms with Gasteiger partial charge in [-0.25, -0.2) is 4.79 Å². The second-order valence-corrected chi connectivity index (χ2v) is 10.6. The molecule has 212 valence electrons. The molecule has 1 spiro atoms. The molecular formula is C26H28ClF3N2O7. The molecule has 13 heteroatoms. The maximum Gasteiger partial charge on any atom is 0.493 e. The van der Waals surface area contributed by atoms with Gasteiger partial charge >= 0.3 is 12.1 Å². The summed E-state index contributed by atoms with van der Waals surface area (Å²) in [5.74, 6) is -3.34. The van der Waals surface area contributed by atoms with Crippen LogP contribution in [0.2, 0.25) is 5.02 Å². The molecule has 1 atom stereocenters. The summed E-state index contributed by atoms with van der Waals surface area (Å²) in [6, 6.07) is 8.89. The van der Waals surface area contributed by atoms with E-state index in [-0.39, 0.29) is 40.9 Å². The summed E-state index contributed by atoms with van der Waals surface area (Å²) in [5.41, 5.74) is -0.909. The van der Waals surface area contributed by atoms with Gasteiger partial charge in [0.25, 0.3) is 5.91 Å². The van der Waals surface area contributed by atoms with Gasteiger partial charge in [0, 0.05) is 57.0 Å². The molecule has 0 saturated carbocycles. The van der Waals surface area contributed by atoms with Crippen LogP contribution in [0.25, 0.3) is 0 Å². The van der Waals surface area contributed by atoms with Crippen molar-refractivity contribution in [2.24, 2.45) is 0 Å². The van der Waals surface area contributed by atoms with Crippen molar-refractivity contribution in [3.8, 4) is 17.2 Å². The van der Waals surface area contributed by atoms with Crippen LogP contribution < -0.4 is 9.47 Å². The highest BCUT2D eigenvalue weighted by Gasteiger charge is 2.44. The summed E-state index contributed by atoms with van der Waals surface area (Å²) in [7, 11) is 0.836. The lowest BCUT2D eigenvalue weighted by atomic mass is 9.86. The number of rotatable bonds is 6.